The number of allylic oxidation sites excluding steroid dienone is 4. The highest BCUT2D eigenvalue weighted by atomic mass is 35.5. The van der Waals surface area contributed by atoms with Crippen molar-refractivity contribution in [2.24, 2.45) is 112 Å². The van der Waals surface area contributed by atoms with Gasteiger partial charge in [-0.1, -0.05) is 94.2 Å². The molecule has 0 aromatic rings. The summed E-state index contributed by atoms with van der Waals surface area (Å²) in [6.07, 6.45) is 22.3. The minimum absolute atomic E-state index is 0. The van der Waals surface area contributed by atoms with Crippen LogP contribution in [0.15, 0.2) is 23.3 Å². The molecular weight excluding hydrogens is 892 g/mol. The Balaban J connectivity index is 0.000000186. The zero-order chi connectivity index (χ0) is 50.9. The topological polar surface area (TPSA) is 150 Å². The molecule has 9 heteroatoms. The Labute approximate surface area is 430 Å². The molecule has 0 saturated heterocycles. The highest BCUT2D eigenvalue weighted by Crippen LogP contribution is 2.77. The first-order chi connectivity index (χ1) is 31.6. The molecule has 5 N–H and O–H groups in total. The second kappa shape index (κ2) is 16.5. The Kier molecular flexibility index (Phi) is 12.8. The fraction of sp³-hybridized carbons (Fsp3) is 0.869. The molecule has 0 amide bonds. The third kappa shape index (κ3) is 6.96. The number of hydrogen-bond acceptors (Lipinski definition) is 7. The number of halogens is 1. The summed E-state index contributed by atoms with van der Waals surface area (Å²) >= 11 is 0. The van der Waals surface area contributed by atoms with Gasteiger partial charge in [0, 0.05) is 23.9 Å². The number of carboxylic acid groups (broad SMARTS) is 1. The highest BCUT2D eigenvalue weighted by molar-refractivity contribution is 5.96. The Morgan fingerprint density at radius 3 is 1.26 bits per heavy atom. The molecule has 0 heterocycles. The van der Waals surface area contributed by atoms with E-state index in [4.69, 9.17) is 16.2 Å². The van der Waals surface area contributed by atoms with Gasteiger partial charge in [-0.25, -0.2) is 0 Å². The van der Waals surface area contributed by atoms with Gasteiger partial charge in [0.1, 0.15) is 0 Å². The average molecular weight is 990 g/mol. The number of ketones is 2. The number of esters is 1. The molecule has 8 fully saturated rings. The third-order valence-corrected chi connectivity index (χ3v) is 26.6. The number of methoxy groups -OCH3 is 1. The molecule has 2 unspecified atom stereocenters. The number of rotatable bonds is 2. The molecule has 70 heavy (non-hydrogen) atoms. The van der Waals surface area contributed by atoms with E-state index >= 15 is 0 Å². The number of aliphatic carboxylic acids is 1. The van der Waals surface area contributed by atoms with Crippen LogP contribution in [0.3, 0.4) is 0 Å². The van der Waals surface area contributed by atoms with E-state index in [1.165, 1.54) is 24.7 Å². The van der Waals surface area contributed by atoms with Crippen molar-refractivity contribution in [1.29, 1.82) is 0 Å². The van der Waals surface area contributed by atoms with Crippen LogP contribution in [0.25, 0.3) is 0 Å². The second-order valence-electron chi connectivity index (χ2n) is 30.2. The Hall–Kier alpha value is -2.03. The molecule has 394 valence electrons. The average Bonchev–Trinajstić information content (AvgIpc) is 3.26. The molecular formula is C61H97ClN2O6. The zero-order valence-electron chi connectivity index (χ0n) is 46.6. The number of ether oxygens (including phenoxy) is 1. The van der Waals surface area contributed by atoms with Gasteiger partial charge < -0.3 is 21.3 Å². The predicted molar refractivity (Wildman–Crippen MR) is 282 cm³/mol. The van der Waals surface area contributed by atoms with E-state index in [-0.39, 0.29) is 108 Å². The zero-order valence-corrected chi connectivity index (χ0v) is 47.4. The third-order valence-electron chi connectivity index (χ3n) is 26.6. The van der Waals surface area contributed by atoms with Crippen molar-refractivity contribution in [3.05, 3.63) is 23.3 Å². The van der Waals surface area contributed by atoms with Gasteiger partial charge >= 0.3 is 11.9 Å². The molecule has 0 spiro atoms. The summed E-state index contributed by atoms with van der Waals surface area (Å²) in [6, 6.07) is 0.403. The van der Waals surface area contributed by atoms with E-state index in [0.29, 0.717) is 29.8 Å². The maximum atomic E-state index is 14.3. The van der Waals surface area contributed by atoms with Gasteiger partial charge in [0.15, 0.2) is 11.6 Å². The van der Waals surface area contributed by atoms with Crippen molar-refractivity contribution in [1.82, 2.24) is 0 Å². The van der Waals surface area contributed by atoms with Crippen molar-refractivity contribution in [2.45, 2.75) is 225 Å². The summed E-state index contributed by atoms with van der Waals surface area (Å²) in [5, 5.41) is 10.1. The van der Waals surface area contributed by atoms with Crippen LogP contribution < -0.4 is 11.5 Å². The SMILES string of the molecule is CC1(C)C(N)CC[C@]2(C)[C@H]3C(=O)C=C4[C@@H]5C[C@@](C)(C(=O)O)CC[C@]5(C)CC[C@@]4(C)[C@]3(C)CC[C@@H]12.COC(=O)[C@@]1(C)CC[C@]2(C)CC[C@]3(C)C(=CC(=O)[C@@H]4[C@@]5(C)CCC(N)C(C)(C)[C@@H]5CC[C@]43C)[C@@H]2C1.Cl. The lowest BCUT2D eigenvalue weighted by Crippen LogP contribution is -2.67. The second-order valence-corrected chi connectivity index (χ2v) is 30.2. The van der Waals surface area contributed by atoms with Gasteiger partial charge in [-0.3, -0.25) is 19.2 Å². The van der Waals surface area contributed by atoms with E-state index in [9.17, 15) is 24.3 Å². The highest BCUT2D eigenvalue weighted by Gasteiger charge is 2.72. The number of fused-ring (bicyclic) bond motifs is 14. The lowest BCUT2D eigenvalue weighted by atomic mass is 9.33. The monoisotopic (exact) mass is 989 g/mol. The first-order valence-corrected chi connectivity index (χ1v) is 28.0. The fourth-order valence-electron chi connectivity index (χ4n) is 21.1. The number of hydrogen-bond donors (Lipinski definition) is 3. The van der Waals surface area contributed by atoms with Crippen LogP contribution in [-0.4, -0.2) is 47.8 Å². The van der Waals surface area contributed by atoms with Crippen molar-refractivity contribution >= 4 is 35.9 Å². The summed E-state index contributed by atoms with van der Waals surface area (Å²) in [6.45, 7) is 32.8. The number of carbonyl (C=O) groups is 4. The Morgan fingerprint density at radius 1 is 0.529 bits per heavy atom. The molecule has 0 aromatic carbocycles. The normalized spacial score (nSPS) is 52.7. The fourth-order valence-corrected chi connectivity index (χ4v) is 21.1. The van der Waals surface area contributed by atoms with Crippen molar-refractivity contribution < 1.29 is 29.0 Å². The largest absolute Gasteiger partial charge is 0.481 e. The van der Waals surface area contributed by atoms with Gasteiger partial charge in [0.25, 0.3) is 0 Å². The molecule has 8 nitrogen and oxygen atoms in total. The molecule has 10 aliphatic carbocycles. The lowest BCUT2D eigenvalue weighted by molar-refractivity contribution is -0.188. The van der Waals surface area contributed by atoms with E-state index in [1.807, 2.05) is 6.92 Å². The van der Waals surface area contributed by atoms with E-state index in [2.05, 4.69) is 102 Å². The van der Waals surface area contributed by atoms with Crippen LogP contribution >= 0.6 is 12.4 Å². The molecule has 10 aliphatic rings. The van der Waals surface area contributed by atoms with Crippen LogP contribution in [-0.2, 0) is 23.9 Å². The quantitative estimate of drug-likeness (QED) is 0.232. The molecule has 0 aliphatic heterocycles. The Bertz CT molecular complexity index is 2270. The summed E-state index contributed by atoms with van der Waals surface area (Å²) in [4.78, 5) is 53.6. The van der Waals surface area contributed by atoms with Crippen LogP contribution in [0.1, 0.15) is 213 Å². The van der Waals surface area contributed by atoms with Crippen molar-refractivity contribution in [2.75, 3.05) is 7.11 Å². The van der Waals surface area contributed by atoms with Crippen LogP contribution in [0, 0.1) is 100 Å². The number of carbonyl (C=O) groups excluding carboxylic acids is 3. The predicted octanol–water partition coefficient (Wildman–Crippen LogP) is 13.3. The summed E-state index contributed by atoms with van der Waals surface area (Å²) < 4.78 is 5.26. The van der Waals surface area contributed by atoms with E-state index in [0.717, 1.165) is 103 Å². The van der Waals surface area contributed by atoms with E-state index in [1.54, 1.807) is 0 Å². The number of carboxylic acids is 1. The first kappa shape index (κ1) is 54.2. The van der Waals surface area contributed by atoms with Gasteiger partial charge in [-0.15, -0.1) is 12.4 Å². The minimum Gasteiger partial charge on any atom is -0.481 e. The standard InChI is InChI=1S/C31H49NO3.C30H47NO3.ClH/c1-26(2)22-9-12-31(7)24(29(22,5)11-10-23(26)32)21(33)17-19-20-18-28(4,25(34)35-8)14-13-27(20,3)15-16-30(19,31)6;1-25(2)21-8-11-30(7)23(28(21,5)10-9-22(25)31)20(32)16-18-19-17-27(4,24(33)34)13-12-26(19,3)14-15-29(18,30)6;/h17,20,22-24H,9-16,18,32H2,1-8H3;16,19,21-23H,8-15,17,31H2,1-7H3,(H,33,34);1H/t20-,22-,23?,24+,27+,28-,29-,30+,31+;19-,21-,22?,23+,26+,27-,28-,29+,30+;/m00./s1. The molecule has 0 radical (unpaired) electrons. The smallest absolute Gasteiger partial charge is 0.311 e. The van der Waals surface area contributed by atoms with Crippen molar-refractivity contribution in [3.63, 3.8) is 0 Å². The lowest BCUT2D eigenvalue weighted by Gasteiger charge is -2.70. The van der Waals surface area contributed by atoms with Gasteiger partial charge in [-0.2, -0.15) is 0 Å². The molecule has 0 aromatic heterocycles. The van der Waals surface area contributed by atoms with Gasteiger partial charge in [0.05, 0.1) is 17.9 Å². The van der Waals surface area contributed by atoms with Crippen LogP contribution in [0.2, 0.25) is 0 Å². The minimum atomic E-state index is -0.697. The molecule has 18 atom stereocenters. The molecule has 10 rings (SSSR count). The van der Waals surface area contributed by atoms with Crippen molar-refractivity contribution in [3.8, 4) is 0 Å². The summed E-state index contributed by atoms with van der Waals surface area (Å²) in [5.74, 6) is 1.37. The molecule has 8 saturated carbocycles. The van der Waals surface area contributed by atoms with Gasteiger partial charge in [0.2, 0.25) is 0 Å². The van der Waals surface area contributed by atoms with Crippen LogP contribution in [0.4, 0.5) is 0 Å². The maximum Gasteiger partial charge on any atom is 0.311 e. The van der Waals surface area contributed by atoms with Gasteiger partial charge in [-0.05, 0) is 219 Å². The molecule has 0 bridgehead atoms. The van der Waals surface area contributed by atoms with E-state index < -0.39 is 16.8 Å². The maximum absolute atomic E-state index is 14.3. The first-order valence-electron chi connectivity index (χ1n) is 28.0. The van der Waals surface area contributed by atoms with Crippen LogP contribution in [0.5, 0.6) is 0 Å². The Morgan fingerprint density at radius 2 is 0.886 bits per heavy atom. The number of nitrogens with two attached hydrogens (primary N) is 2. The summed E-state index contributed by atoms with van der Waals surface area (Å²) in [7, 11) is 1.51. The summed E-state index contributed by atoms with van der Waals surface area (Å²) in [5.41, 5.74) is 14.9.